The van der Waals surface area contributed by atoms with Crippen molar-refractivity contribution in [2.24, 2.45) is 7.05 Å². The number of ether oxygens (including phenoxy) is 2. The molecule has 9 heteroatoms. The highest BCUT2D eigenvalue weighted by molar-refractivity contribution is 5.91. The van der Waals surface area contributed by atoms with E-state index in [4.69, 9.17) is 14.5 Å². The Balaban J connectivity index is 1.33. The monoisotopic (exact) mass is 462 g/mol. The van der Waals surface area contributed by atoms with Crippen LogP contribution in [-0.2, 0) is 24.6 Å². The van der Waals surface area contributed by atoms with E-state index < -0.39 is 5.97 Å². The number of aryl methyl sites for hydroxylation is 2. The lowest BCUT2D eigenvalue weighted by atomic mass is 9.93. The molecule has 1 aliphatic carbocycles. The van der Waals surface area contributed by atoms with Crippen LogP contribution >= 0.6 is 0 Å². The molecule has 0 bridgehead atoms. The molecule has 0 spiro atoms. The predicted molar refractivity (Wildman–Crippen MR) is 128 cm³/mol. The van der Waals surface area contributed by atoms with E-state index in [9.17, 15) is 4.79 Å². The summed E-state index contributed by atoms with van der Waals surface area (Å²) in [7, 11) is 3.98. The van der Waals surface area contributed by atoms with Gasteiger partial charge in [-0.3, -0.25) is 4.68 Å². The van der Waals surface area contributed by atoms with Crippen molar-refractivity contribution in [3.63, 3.8) is 0 Å². The summed E-state index contributed by atoms with van der Waals surface area (Å²) in [6.07, 6.45) is 5.68. The Morgan fingerprint density at radius 3 is 2.65 bits per heavy atom. The number of fused-ring (bicyclic) bond motifs is 3. The van der Waals surface area contributed by atoms with Crippen LogP contribution in [0.15, 0.2) is 30.5 Å². The van der Waals surface area contributed by atoms with Gasteiger partial charge < -0.3 is 19.7 Å². The average Bonchev–Trinajstić information content (AvgIpc) is 3.19. The zero-order valence-corrected chi connectivity index (χ0v) is 19.9. The lowest BCUT2D eigenvalue weighted by Gasteiger charge is -2.29. The highest BCUT2D eigenvalue weighted by Gasteiger charge is 2.29. The van der Waals surface area contributed by atoms with Gasteiger partial charge in [0.05, 0.1) is 18.0 Å². The Morgan fingerprint density at radius 1 is 1.15 bits per heavy atom. The molecule has 3 heterocycles. The van der Waals surface area contributed by atoms with Gasteiger partial charge in [-0.05, 0) is 69.5 Å². The van der Waals surface area contributed by atoms with E-state index in [0.717, 1.165) is 66.3 Å². The molecule has 1 saturated heterocycles. The summed E-state index contributed by atoms with van der Waals surface area (Å²) in [5, 5.41) is 7.71. The Hall–Kier alpha value is -3.46. The maximum Gasteiger partial charge on any atom is 0.359 e. The maximum atomic E-state index is 12.4. The molecule has 2 aromatic heterocycles. The van der Waals surface area contributed by atoms with Crippen molar-refractivity contribution in [2.75, 3.05) is 32.1 Å². The molecule has 9 nitrogen and oxygen atoms in total. The second kappa shape index (κ2) is 9.42. The van der Waals surface area contributed by atoms with Gasteiger partial charge >= 0.3 is 5.97 Å². The predicted octanol–water partition coefficient (Wildman–Crippen LogP) is 3.37. The first-order valence-corrected chi connectivity index (χ1v) is 11.8. The number of esters is 1. The van der Waals surface area contributed by atoms with Crippen LogP contribution in [0.25, 0.3) is 11.4 Å². The third-order valence-electron chi connectivity index (χ3n) is 6.43. The molecule has 0 atom stereocenters. The Labute approximate surface area is 199 Å². The summed E-state index contributed by atoms with van der Waals surface area (Å²) in [4.78, 5) is 24.0. The third-order valence-corrected chi connectivity index (χ3v) is 6.43. The fourth-order valence-corrected chi connectivity index (χ4v) is 4.62. The van der Waals surface area contributed by atoms with E-state index in [1.807, 2.05) is 37.5 Å². The summed E-state index contributed by atoms with van der Waals surface area (Å²) < 4.78 is 13.0. The molecule has 1 aliphatic heterocycles. The van der Waals surface area contributed by atoms with E-state index >= 15 is 0 Å². The zero-order valence-electron chi connectivity index (χ0n) is 19.9. The van der Waals surface area contributed by atoms with E-state index in [0.29, 0.717) is 24.7 Å². The van der Waals surface area contributed by atoms with Crippen LogP contribution in [0.5, 0.6) is 5.75 Å². The van der Waals surface area contributed by atoms with Gasteiger partial charge in [0.15, 0.2) is 5.69 Å². The summed E-state index contributed by atoms with van der Waals surface area (Å²) in [6, 6.07) is 7.90. The van der Waals surface area contributed by atoms with Crippen molar-refractivity contribution < 1.29 is 14.3 Å². The number of rotatable bonds is 6. The maximum absolute atomic E-state index is 12.4. The Morgan fingerprint density at radius 2 is 1.91 bits per heavy atom. The van der Waals surface area contributed by atoms with Gasteiger partial charge in [-0.2, -0.15) is 5.10 Å². The van der Waals surface area contributed by atoms with Gasteiger partial charge in [-0.25, -0.2) is 14.8 Å². The first-order chi connectivity index (χ1) is 16.5. The number of hydrogen-bond acceptors (Lipinski definition) is 8. The van der Waals surface area contributed by atoms with E-state index in [2.05, 4.69) is 27.3 Å². The first kappa shape index (κ1) is 22.3. The molecular formula is C25H30N6O3. The molecule has 1 fully saturated rings. The molecule has 0 radical (unpaired) electrons. The lowest BCUT2D eigenvalue weighted by Crippen LogP contribution is -2.35. The van der Waals surface area contributed by atoms with Crippen LogP contribution < -0.4 is 10.1 Å². The second-order valence-electron chi connectivity index (χ2n) is 8.86. The van der Waals surface area contributed by atoms with Crippen LogP contribution in [-0.4, -0.2) is 63.5 Å². The minimum absolute atomic E-state index is 0.270. The standard InChI is InChI=1S/C25H30N6O3/c1-4-33-24(32)22-20-10-5-16-15-26-25(28-21(16)23(20)31(3)29-22)27-17-6-8-18(9-7-17)34-19-11-13-30(2)14-12-19/h6-9,15,19H,4-5,10-14H2,1-3H3,(H,26,27,28). The minimum Gasteiger partial charge on any atom is -0.490 e. The summed E-state index contributed by atoms with van der Waals surface area (Å²) in [5.74, 6) is 0.977. The second-order valence-corrected chi connectivity index (χ2v) is 8.86. The van der Waals surface area contributed by atoms with Gasteiger partial charge in [0.1, 0.15) is 11.9 Å². The number of benzene rings is 1. The number of hydrogen-bond donors (Lipinski definition) is 1. The Bertz CT molecular complexity index is 1180. The lowest BCUT2D eigenvalue weighted by molar-refractivity contribution is 0.0517. The number of aromatic nitrogens is 4. The molecule has 1 N–H and O–H groups in total. The summed E-state index contributed by atoms with van der Waals surface area (Å²) >= 11 is 0. The van der Waals surface area contributed by atoms with Crippen molar-refractivity contribution in [1.82, 2.24) is 24.6 Å². The number of nitrogens with zero attached hydrogens (tertiary/aromatic N) is 5. The van der Waals surface area contributed by atoms with E-state index in [1.54, 1.807) is 11.6 Å². The largest absolute Gasteiger partial charge is 0.490 e. The van der Waals surface area contributed by atoms with Gasteiger partial charge in [-0.1, -0.05) is 0 Å². The Kier molecular flexibility index (Phi) is 6.19. The van der Waals surface area contributed by atoms with Crippen LogP contribution in [0.1, 0.15) is 41.4 Å². The van der Waals surface area contributed by atoms with Crippen LogP contribution in [0.4, 0.5) is 11.6 Å². The first-order valence-electron chi connectivity index (χ1n) is 11.8. The van der Waals surface area contributed by atoms with Crippen molar-refractivity contribution in [3.05, 3.63) is 47.3 Å². The molecule has 0 amide bonds. The highest BCUT2D eigenvalue weighted by atomic mass is 16.5. The third kappa shape index (κ3) is 4.48. The molecule has 5 rings (SSSR count). The zero-order chi connectivity index (χ0) is 23.7. The highest BCUT2D eigenvalue weighted by Crippen LogP contribution is 2.34. The van der Waals surface area contributed by atoms with Gasteiger partial charge in [0.2, 0.25) is 5.95 Å². The van der Waals surface area contributed by atoms with Gasteiger partial charge in [-0.15, -0.1) is 0 Å². The molecule has 178 valence electrons. The van der Waals surface area contributed by atoms with Gasteiger partial charge in [0.25, 0.3) is 0 Å². The molecule has 0 saturated carbocycles. The normalized spacial score (nSPS) is 16.0. The summed E-state index contributed by atoms with van der Waals surface area (Å²) in [6.45, 7) is 4.25. The van der Waals surface area contributed by atoms with Crippen molar-refractivity contribution in [1.29, 1.82) is 0 Å². The van der Waals surface area contributed by atoms with E-state index in [-0.39, 0.29) is 6.10 Å². The molecule has 2 aliphatic rings. The van der Waals surface area contributed by atoms with Crippen molar-refractivity contribution in [2.45, 2.75) is 38.7 Å². The number of piperidine rings is 1. The van der Waals surface area contributed by atoms with Crippen LogP contribution in [0.2, 0.25) is 0 Å². The van der Waals surface area contributed by atoms with Crippen molar-refractivity contribution >= 4 is 17.6 Å². The number of carbonyl (C=O) groups excluding carboxylic acids is 1. The number of carbonyl (C=O) groups is 1. The quantitative estimate of drug-likeness (QED) is 0.557. The van der Waals surface area contributed by atoms with Gasteiger partial charge in [0, 0.05) is 37.6 Å². The number of anilines is 2. The fourth-order valence-electron chi connectivity index (χ4n) is 4.62. The molecule has 0 unspecified atom stereocenters. The molecule has 3 aromatic rings. The average molecular weight is 463 g/mol. The number of nitrogens with one attached hydrogen (secondary N) is 1. The van der Waals surface area contributed by atoms with Crippen molar-refractivity contribution in [3.8, 4) is 17.1 Å². The topological polar surface area (TPSA) is 94.4 Å². The van der Waals surface area contributed by atoms with Crippen LogP contribution in [0, 0.1) is 0 Å². The van der Waals surface area contributed by atoms with Crippen LogP contribution in [0.3, 0.4) is 0 Å². The van der Waals surface area contributed by atoms with E-state index in [1.165, 1.54) is 0 Å². The fraction of sp³-hybridized carbons (Fsp3) is 0.440. The SMILES string of the molecule is CCOC(=O)c1nn(C)c2c1CCc1cnc(Nc3ccc(OC4CCN(C)CC4)cc3)nc1-2. The smallest absolute Gasteiger partial charge is 0.359 e. The molecule has 34 heavy (non-hydrogen) atoms. The minimum atomic E-state index is -0.391. The molecule has 1 aromatic carbocycles. The summed E-state index contributed by atoms with van der Waals surface area (Å²) in [5.41, 5.74) is 4.82. The molecular weight excluding hydrogens is 432 g/mol. The number of likely N-dealkylation sites (tertiary alicyclic amines) is 1.